The highest BCUT2D eigenvalue weighted by Crippen LogP contribution is 2.33. The number of rotatable bonds is 34. The number of unbranched alkanes of at least 4 members (excludes halogenated alkanes) is 4. The molecule has 0 heterocycles. The maximum atomic E-state index is 12.2. The molecule has 0 radical (unpaired) electrons. The van der Waals surface area contributed by atoms with E-state index in [0.29, 0.717) is 13.1 Å². The Bertz CT molecular complexity index is 1680. The van der Waals surface area contributed by atoms with Crippen molar-refractivity contribution < 1.29 is 80.6 Å². The predicted molar refractivity (Wildman–Crippen MR) is 482 cm³/mol. The molecule has 0 spiro atoms. The van der Waals surface area contributed by atoms with E-state index in [4.69, 9.17) is 46.7 Å². The molecule has 2 unspecified atom stereocenters. The number of nitrogens with two attached hydrogens (primary N) is 6. The van der Waals surface area contributed by atoms with Crippen LogP contribution in [0.4, 0.5) is 0 Å². The molecule has 2 atom stereocenters. The maximum absolute atomic E-state index is 12.2. The van der Waals surface area contributed by atoms with Gasteiger partial charge in [-0.05, 0) is 248 Å². The van der Waals surface area contributed by atoms with Gasteiger partial charge in [0.05, 0.1) is 16.6 Å². The van der Waals surface area contributed by atoms with Crippen LogP contribution in [0.25, 0.3) is 0 Å². The van der Waals surface area contributed by atoms with Crippen molar-refractivity contribution in [1.82, 2.24) is 16.0 Å². The summed E-state index contributed by atoms with van der Waals surface area (Å²) in [5.41, 5.74) is 31.7. The molecule has 0 aliphatic carbocycles. The molecule has 0 aliphatic rings. The van der Waals surface area contributed by atoms with E-state index >= 15 is 0 Å². The molecule has 0 fully saturated rings. The molecule has 19 N–H and O–H groups in total. The smallest absolute Gasteiger partial charge is 0.331 e. The highest BCUT2D eigenvalue weighted by atomic mass is 30.0. The minimum absolute atomic E-state index is 0.105. The molecule has 0 bridgehead atoms. The van der Waals surface area contributed by atoms with Gasteiger partial charge in [-0.15, -0.1) is 0 Å². The van der Waals surface area contributed by atoms with Crippen molar-refractivity contribution in [2.24, 2.45) is 34.4 Å². The van der Waals surface area contributed by atoms with Crippen molar-refractivity contribution >= 4 is 172 Å². The number of nitrogens with one attached hydrogen (secondary N) is 3. The predicted octanol–water partition coefficient (Wildman–Crippen LogP) is 5.20. The lowest BCUT2D eigenvalue weighted by molar-refractivity contribution is 0.328. The molecule has 27 nitrogen and oxygen atoms in total. The first-order valence-electron chi connectivity index (χ1n) is 36.1. The maximum Gasteiger partial charge on any atom is 0.331 e. The van der Waals surface area contributed by atoms with Crippen LogP contribution in [0, 0.1) is 0 Å². The average Bonchev–Trinajstić information content (AvgIpc) is 0.741. The lowest BCUT2D eigenvalue weighted by atomic mass is 10.3. The van der Waals surface area contributed by atoms with E-state index in [1.807, 2.05) is 19.6 Å². The topological polar surface area (TPSA) is 489 Å². The molecule has 103 heavy (non-hydrogen) atoms. The Kier molecular flexibility index (Phi) is 156. The summed E-state index contributed by atoms with van der Waals surface area (Å²) in [5.74, 6) is 0. The molecule has 0 rings (SSSR count). The minimum Gasteiger partial charge on any atom is -0.439 e. The second kappa shape index (κ2) is 112. The van der Waals surface area contributed by atoms with E-state index in [9.17, 15) is 68.3 Å². The van der Waals surface area contributed by atoms with Gasteiger partial charge in [0.15, 0.2) is 17.6 Å². The van der Waals surface area contributed by atoms with Crippen molar-refractivity contribution in [2.45, 2.75) is 287 Å². The first-order valence-corrected chi connectivity index (χ1v) is 87.9. The zero-order chi connectivity index (χ0) is 85.9. The van der Waals surface area contributed by atoms with Crippen LogP contribution in [0.5, 0.6) is 0 Å². The largest absolute Gasteiger partial charge is 0.439 e. The van der Waals surface area contributed by atoms with E-state index < -0.39 is 163 Å². The molecule has 0 aromatic rings. The summed E-state index contributed by atoms with van der Waals surface area (Å²) in [6.45, 7) is 65.4. The minimum atomic E-state index is -3.55. The van der Waals surface area contributed by atoms with Crippen LogP contribution in [0.15, 0.2) is 0 Å². The number of hydrogen-bond acceptors (Lipinski definition) is 27. The van der Waals surface area contributed by atoms with Gasteiger partial charge in [0.2, 0.25) is 24.4 Å². The third-order valence-corrected chi connectivity index (χ3v) is 90.3. The van der Waals surface area contributed by atoms with Crippen molar-refractivity contribution in [3.05, 3.63) is 0 Å². The third kappa shape index (κ3) is 215. The SMILES string of the molecule is CCCCN.CCCCN.CCCCN.CCCCNCCN.C[SiH2][Si](C)=O.C[Si](C)(CCCNCCN)O[Si](C)(C)O[Si](O[SiH2]O)([SiH2]O)[Si](O)([SiH2]O)[Si](C)(C)CCCNCCN.C[Si](C)=O.C[Si](C)=O.C[Si](C)=O.C[Si](C)=O.C[Si](C)=O.C[Si](C)=O.C[Si](C)=O.C[Si](C)=O.C[Si](C)=O.C[Si](C)=O. The zero-order valence-electron chi connectivity index (χ0n) is 72.3. The molecule has 628 valence electrons. The van der Waals surface area contributed by atoms with Gasteiger partial charge in [-0.1, -0.05) is 79.1 Å². The lowest BCUT2D eigenvalue weighted by Gasteiger charge is -2.50. The summed E-state index contributed by atoms with van der Waals surface area (Å²) >= 11 is 0. The fourth-order valence-electron chi connectivity index (χ4n) is 5.63. The fraction of sp³-hybridized carbons (Fsp3) is 1.00. The Balaban J connectivity index is -0.0000000646. The zero-order valence-corrected chi connectivity index (χ0v) is 93.9. The van der Waals surface area contributed by atoms with E-state index in [-0.39, 0.29) is 9.04 Å². The standard InChI is InChI=1S/C16H54N4O7Si8.C6H16N2.3C4H11N.C2H8OSi2.10C2H6OSi/c1-31(2,15-7-11-19-13-9-17)26-33(5,6)27-35(30-23,25-28-21)34(24,29-22)32(3,4)16-8-12-20-14-10-18;1-2-3-5-8-6-4-7;3*1-2-3-4-5;1-4-5(2)3;10*1-4(2)3/h19-24H,7-18,28-30H2,1-6H3;8H,2-7H2,1H3;3*2-5H2,1H3;4H2,1-2H3;10*1-2H3. The van der Waals surface area contributed by atoms with E-state index in [1.54, 1.807) is 131 Å². The Hall–Kier alpha value is 1.50. The average molecular weight is 1820 g/mol. The number of hydrogen-bond donors (Lipinski definition) is 13. The second-order valence-electron chi connectivity index (χ2n) is 26.2. The molecule has 0 aromatic heterocycles. The molecule has 0 amide bonds. The Morgan fingerprint density at radius 1 is 0.350 bits per heavy atom. The highest BCUT2D eigenvalue weighted by molar-refractivity contribution is 7.86. The summed E-state index contributed by atoms with van der Waals surface area (Å²) in [6, 6.07) is 1.74. The fourth-order valence-corrected chi connectivity index (χ4v) is 92.4. The van der Waals surface area contributed by atoms with E-state index in [1.165, 1.54) is 51.4 Å². The first-order chi connectivity index (χ1) is 47.0. The van der Waals surface area contributed by atoms with Crippen molar-refractivity contribution in [3.8, 4) is 0 Å². The normalized spacial score (nSPS) is 11.0. The summed E-state index contributed by atoms with van der Waals surface area (Å²) in [4.78, 5) is 43.6. The van der Waals surface area contributed by atoms with Crippen molar-refractivity contribution in [3.63, 3.8) is 0 Å². The van der Waals surface area contributed by atoms with Gasteiger partial charge < -0.3 is 131 Å². The molecular weight excluding hydrogens is 1650 g/mol. The summed E-state index contributed by atoms with van der Waals surface area (Å²) in [5, 5.41) is 9.80. The van der Waals surface area contributed by atoms with Crippen LogP contribution in [0.2, 0.25) is 195 Å². The van der Waals surface area contributed by atoms with Crippen molar-refractivity contribution in [2.75, 3.05) is 78.5 Å². The highest BCUT2D eigenvalue weighted by Gasteiger charge is 2.68. The monoisotopic (exact) mass is 1820 g/mol. The van der Waals surface area contributed by atoms with Gasteiger partial charge in [0, 0.05) is 39.3 Å². The van der Waals surface area contributed by atoms with Crippen LogP contribution >= 0.6 is 0 Å². The van der Waals surface area contributed by atoms with Gasteiger partial charge in [-0.3, -0.25) is 0 Å². The summed E-state index contributed by atoms with van der Waals surface area (Å²) in [6.07, 6.45) is 11.5. The summed E-state index contributed by atoms with van der Waals surface area (Å²) in [7, 11) is -29.1. The van der Waals surface area contributed by atoms with Crippen LogP contribution in [0.3, 0.4) is 0 Å². The van der Waals surface area contributed by atoms with Gasteiger partial charge in [-0.25, -0.2) is 0 Å². The van der Waals surface area contributed by atoms with Crippen molar-refractivity contribution in [1.29, 1.82) is 0 Å². The molecule has 0 aliphatic heterocycles. The Morgan fingerprint density at radius 3 is 0.738 bits per heavy atom. The second-order valence-corrected chi connectivity index (χ2v) is 96.5. The van der Waals surface area contributed by atoms with Gasteiger partial charge in [0.25, 0.3) is 96.8 Å². The molecule has 0 saturated carbocycles. The quantitative estimate of drug-likeness (QED) is 0.0291. The van der Waals surface area contributed by atoms with Gasteiger partial charge in [-0.2, -0.15) is 0 Å². The molecule has 47 heteroatoms. The molecule has 0 aromatic carbocycles. The van der Waals surface area contributed by atoms with Crippen LogP contribution in [-0.4, -0.2) is 269 Å². The molecular formula is C56H171N9O18Si20. The van der Waals surface area contributed by atoms with Crippen LogP contribution in [-0.2, 0) is 61.4 Å². The lowest BCUT2D eigenvalue weighted by Crippen LogP contribution is -2.86. The summed E-state index contributed by atoms with van der Waals surface area (Å²) < 4.78 is 126. The third-order valence-electron chi connectivity index (χ3n) is 9.55. The van der Waals surface area contributed by atoms with Gasteiger partial charge >= 0.3 is 16.2 Å². The van der Waals surface area contributed by atoms with E-state index in [2.05, 4.69) is 76.4 Å². The molecule has 0 saturated heterocycles. The first kappa shape index (κ1) is 143. The Morgan fingerprint density at radius 2 is 0.573 bits per heavy atom. The van der Waals surface area contributed by atoms with E-state index in [0.717, 1.165) is 90.4 Å². The van der Waals surface area contributed by atoms with Crippen LogP contribution < -0.4 is 50.4 Å². The van der Waals surface area contributed by atoms with Crippen LogP contribution in [0.1, 0.15) is 91.9 Å². The Labute approximate surface area is 663 Å². The van der Waals surface area contributed by atoms with Gasteiger partial charge in [0.1, 0.15) is 0 Å².